The van der Waals surface area contributed by atoms with E-state index in [9.17, 15) is 8.78 Å². The molecule has 1 unspecified atom stereocenters. The lowest BCUT2D eigenvalue weighted by Crippen LogP contribution is -2.35. The topological polar surface area (TPSA) is 29.9 Å². The lowest BCUT2D eigenvalue weighted by molar-refractivity contribution is -0.0500. The van der Waals surface area contributed by atoms with E-state index in [1.54, 1.807) is 6.20 Å². The summed E-state index contributed by atoms with van der Waals surface area (Å²) in [5, 5.41) is 7.85. The Hall–Kier alpha value is -0.970. The van der Waals surface area contributed by atoms with Crippen LogP contribution in [0, 0.1) is 5.92 Å². The first-order chi connectivity index (χ1) is 9.57. The number of aryl methyl sites for hydroxylation is 1. The average molecular weight is 285 g/mol. The van der Waals surface area contributed by atoms with E-state index in [4.69, 9.17) is 0 Å². The second-order valence-corrected chi connectivity index (χ2v) is 5.70. The maximum atomic E-state index is 13.3. The monoisotopic (exact) mass is 285 g/mol. The highest BCUT2D eigenvalue weighted by molar-refractivity contribution is 5.09. The van der Waals surface area contributed by atoms with E-state index >= 15 is 0 Å². The van der Waals surface area contributed by atoms with E-state index in [1.165, 1.54) is 0 Å². The zero-order chi connectivity index (χ0) is 14.6. The molecule has 1 aromatic rings. The number of aromatic nitrogens is 2. The highest BCUT2D eigenvalue weighted by Gasteiger charge is 2.38. The molecule has 1 aromatic heterocycles. The summed E-state index contributed by atoms with van der Waals surface area (Å²) in [6.07, 6.45) is 4.05. The van der Waals surface area contributed by atoms with Crippen LogP contribution in [0.15, 0.2) is 12.3 Å². The Morgan fingerprint density at radius 1 is 1.40 bits per heavy atom. The SMILES string of the molecule is CCCNC(c1ccnn1CC)C1CCC(F)(F)CC1. The molecule has 1 N–H and O–H groups in total. The van der Waals surface area contributed by atoms with E-state index in [2.05, 4.69) is 24.3 Å². The molecule has 1 aliphatic carbocycles. The van der Waals surface area contributed by atoms with Gasteiger partial charge in [0.05, 0.1) is 11.7 Å². The average Bonchev–Trinajstić information content (AvgIpc) is 2.89. The molecule has 0 aromatic carbocycles. The van der Waals surface area contributed by atoms with E-state index in [-0.39, 0.29) is 24.8 Å². The molecule has 5 heteroatoms. The molecule has 0 spiro atoms. The molecule has 1 heterocycles. The van der Waals surface area contributed by atoms with Gasteiger partial charge in [-0.2, -0.15) is 5.10 Å². The van der Waals surface area contributed by atoms with Crippen molar-refractivity contribution in [1.82, 2.24) is 15.1 Å². The summed E-state index contributed by atoms with van der Waals surface area (Å²) < 4.78 is 28.7. The van der Waals surface area contributed by atoms with Gasteiger partial charge in [-0.05, 0) is 44.7 Å². The molecule has 1 saturated carbocycles. The van der Waals surface area contributed by atoms with Gasteiger partial charge in [-0.3, -0.25) is 4.68 Å². The summed E-state index contributed by atoms with van der Waals surface area (Å²) >= 11 is 0. The smallest absolute Gasteiger partial charge is 0.248 e. The minimum absolute atomic E-state index is 0.0161. The standard InChI is InChI=1S/C15H25F2N3/c1-3-10-18-14(13-7-11-19-20(13)4-2)12-5-8-15(16,17)9-6-12/h7,11-12,14,18H,3-6,8-10H2,1-2H3. The van der Waals surface area contributed by atoms with Crippen LogP contribution in [0.5, 0.6) is 0 Å². The maximum absolute atomic E-state index is 13.3. The Kier molecular flexibility index (Phi) is 5.13. The molecule has 3 nitrogen and oxygen atoms in total. The van der Waals surface area contributed by atoms with Crippen LogP contribution in [0.25, 0.3) is 0 Å². The Bertz CT molecular complexity index is 407. The van der Waals surface area contributed by atoms with Crippen molar-refractivity contribution >= 4 is 0 Å². The Morgan fingerprint density at radius 3 is 2.70 bits per heavy atom. The van der Waals surface area contributed by atoms with E-state index < -0.39 is 5.92 Å². The fourth-order valence-corrected chi connectivity index (χ4v) is 3.08. The predicted octanol–water partition coefficient (Wildman–Crippen LogP) is 3.77. The van der Waals surface area contributed by atoms with E-state index in [0.717, 1.165) is 25.2 Å². The molecule has 0 bridgehead atoms. The molecule has 0 aliphatic heterocycles. The Balaban J connectivity index is 2.12. The van der Waals surface area contributed by atoms with Crippen molar-refractivity contribution in [3.63, 3.8) is 0 Å². The largest absolute Gasteiger partial charge is 0.308 e. The number of nitrogens with zero attached hydrogens (tertiary/aromatic N) is 2. The summed E-state index contributed by atoms with van der Waals surface area (Å²) in [7, 11) is 0. The van der Waals surface area contributed by atoms with Gasteiger partial charge in [0.1, 0.15) is 0 Å². The van der Waals surface area contributed by atoms with Crippen LogP contribution in [0.3, 0.4) is 0 Å². The molecule has 0 saturated heterocycles. The first-order valence-electron chi connectivity index (χ1n) is 7.70. The quantitative estimate of drug-likeness (QED) is 0.862. The lowest BCUT2D eigenvalue weighted by Gasteiger charge is -2.34. The second-order valence-electron chi connectivity index (χ2n) is 5.70. The minimum atomic E-state index is -2.46. The molecule has 1 atom stereocenters. The Labute approximate surface area is 119 Å². The van der Waals surface area contributed by atoms with Crippen LogP contribution in [0.2, 0.25) is 0 Å². The predicted molar refractivity (Wildman–Crippen MR) is 75.8 cm³/mol. The zero-order valence-corrected chi connectivity index (χ0v) is 12.4. The van der Waals surface area contributed by atoms with Crippen LogP contribution in [-0.2, 0) is 6.54 Å². The summed E-state index contributed by atoms with van der Waals surface area (Å²) in [6.45, 7) is 5.90. The van der Waals surface area contributed by atoms with E-state index in [1.807, 2.05) is 10.7 Å². The van der Waals surface area contributed by atoms with Crippen LogP contribution < -0.4 is 5.32 Å². The first kappa shape index (κ1) is 15.4. The van der Waals surface area contributed by atoms with Gasteiger partial charge in [0.25, 0.3) is 0 Å². The molecular weight excluding hydrogens is 260 g/mol. The first-order valence-corrected chi connectivity index (χ1v) is 7.70. The van der Waals surface area contributed by atoms with Crippen molar-refractivity contribution in [3.8, 4) is 0 Å². The molecule has 1 aliphatic rings. The second kappa shape index (κ2) is 6.66. The third-order valence-electron chi connectivity index (χ3n) is 4.22. The van der Waals surface area contributed by atoms with Crippen molar-refractivity contribution in [2.24, 2.45) is 5.92 Å². The summed E-state index contributed by atoms with van der Waals surface area (Å²) in [6, 6.07) is 2.16. The van der Waals surface area contributed by atoms with Gasteiger partial charge in [-0.25, -0.2) is 8.78 Å². The van der Waals surface area contributed by atoms with Gasteiger partial charge in [0.15, 0.2) is 0 Å². The number of alkyl halides is 2. The third-order valence-corrected chi connectivity index (χ3v) is 4.22. The highest BCUT2D eigenvalue weighted by atomic mass is 19.3. The van der Waals surface area contributed by atoms with Gasteiger partial charge >= 0.3 is 0 Å². The number of nitrogens with one attached hydrogen (secondary N) is 1. The third kappa shape index (κ3) is 3.57. The molecule has 114 valence electrons. The molecule has 0 radical (unpaired) electrons. The molecule has 2 rings (SSSR count). The molecule has 0 amide bonds. The number of halogens is 2. The Morgan fingerprint density at radius 2 is 2.10 bits per heavy atom. The molecule has 20 heavy (non-hydrogen) atoms. The number of hydrogen-bond donors (Lipinski definition) is 1. The van der Waals surface area contributed by atoms with Gasteiger partial charge < -0.3 is 5.32 Å². The summed E-state index contributed by atoms with van der Waals surface area (Å²) in [4.78, 5) is 0. The van der Waals surface area contributed by atoms with Gasteiger partial charge in [-0.15, -0.1) is 0 Å². The normalized spacial score (nSPS) is 21.0. The van der Waals surface area contributed by atoms with Crippen LogP contribution >= 0.6 is 0 Å². The lowest BCUT2D eigenvalue weighted by atomic mass is 9.81. The maximum Gasteiger partial charge on any atom is 0.248 e. The van der Waals surface area contributed by atoms with Crippen LogP contribution in [0.4, 0.5) is 8.78 Å². The fourth-order valence-electron chi connectivity index (χ4n) is 3.08. The van der Waals surface area contributed by atoms with Crippen molar-refractivity contribution in [2.75, 3.05) is 6.54 Å². The molecular formula is C15H25F2N3. The van der Waals surface area contributed by atoms with Gasteiger partial charge in [0, 0.05) is 25.6 Å². The van der Waals surface area contributed by atoms with E-state index in [0.29, 0.717) is 12.8 Å². The number of rotatable bonds is 6. The van der Waals surface area contributed by atoms with Crippen molar-refractivity contribution in [3.05, 3.63) is 18.0 Å². The van der Waals surface area contributed by atoms with Crippen molar-refractivity contribution in [2.45, 2.75) is 64.5 Å². The van der Waals surface area contributed by atoms with Crippen LogP contribution in [-0.4, -0.2) is 22.2 Å². The number of hydrogen-bond acceptors (Lipinski definition) is 2. The minimum Gasteiger partial charge on any atom is -0.308 e. The zero-order valence-electron chi connectivity index (χ0n) is 12.4. The van der Waals surface area contributed by atoms with Crippen LogP contribution in [0.1, 0.15) is 57.7 Å². The fraction of sp³-hybridized carbons (Fsp3) is 0.800. The highest BCUT2D eigenvalue weighted by Crippen LogP contribution is 2.41. The van der Waals surface area contributed by atoms with Gasteiger partial charge in [0.2, 0.25) is 5.92 Å². The molecule has 1 fully saturated rings. The summed E-state index contributed by atoms with van der Waals surface area (Å²) in [5.41, 5.74) is 1.14. The van der Waals surface area contributed by atoms with Gasteiger partial charge in [-0.1, -0.05) is 6.92 Å². The summed E-state index contributed by atoms with van der Waals surface area (Å²) in [5.74, 6) is -2.18. The van der Waals surface area contributed by atoms with Crippen molar-refractivity contribution in [1.29, 1.82) is 0 Å². The van der Waals surface area contributed by atoms with Crippen molar-refractivity contribution < 1.29 is 8.78 Å².